The molecule has 0 fully saturated rings. The molecular weight excluding hydrogens is 155 g/mol. The van der Waals surface area contributed by atoms with Crippen LogP contribution in [0.2, 0.25) is 0 Å². The minimum atomic E-state index is -0.838. The van der Waals surface area contributed by atoms with Gasteiger partial charge in [0.25, 0.3) is 0 Å². The third-order valence-electron chi connectivity index (χ3n) is 1.88. The fourth-order valence-corrected chi connectivity index (χ4v) is 1.21. The van der Waals surface area contributed by atoms with Crippen molar-refractivity contribution >= 4 is 12.9 Å². The molecule has 1 atom stereocenters. The molecule has 1 unspecified atom stereocenters. The minimum absolute atomic E-state index is 0.728. The van der Waals surface area contributed by atoms with Crippen LogP contribution in [0.5, 0.6) is 5.75 Å². The number of ether oxygens (including phenoxy) is 1. The summed E-state index contributed by atoms with van der Waals surface area (Å²) < 4.78 is 9.90. The van der Waals surface area contributed by atoms with Gasteiger partial charge in [-0.2, -0.15) is 0 Å². The zero-order valence-electron chi connectivity index (χ0n) is 6.65. The molecule has 0 spiro atoms. The van der Waals surface area contributed by atoms with Gasteiger partial charge in [0.2, 0.25) is 0 Å². The molecule has 1 aromatic rings. The Labute approximate surface area is 71.2 Å². The van der Waals surface area contributed by atoms with Crippen molar-refractivity contribution in [2.45, 2.75) is 6.29 Å². The van der Waals surface area contributed by atoms with Crippen molar-refractivity contribution in [2.75, 3.05) is 7.11 Å². The third kappa shape index (κ3) is 1.09. The topological polar surface area (TPSA) is 38.7 Å². The molecule has 1 radical (unpaired) electrons. The summed E-state index contributed by atoms with van der Waals surface area (Å²) in [6.45, 7) is 0. The highest BCUT2D eigenvalue weighted by atomic mass is 16.6. The maximum Gasteiger partial charge on any atom is 0.334 e. The van der Waals surface area contributed by atoms with E-state index in [4.69, 9.17) is 9.39 Å². The average Bonchev–Trinajstić information content (AvgIpc) is 2.47. The van der Waals surface area contributed by atoms with Gasteiger partial charge in [0.05, 0.1) is 7.11 Å². The molecule has 2 rings (SSSR count). The molecule has 0 aromatic heterocycles. The van der Waals surface area contributed by atoms with Crippen LogP contribution in [0.3, 0.4) is 0 Å². The molecule has 61 valence electrons. The number of benzene rings is 1. The minimum Gasteiger partial charge on any atom is -0.497 e. The number of aliphatic hydroxyl groups is 1. The molecule has 12 heavy (non-hydrogen) atoms. The summed E-state index contributed by atoms with van der Waals surface area (Å²) in [6, 6.07) is 5.45. The largest absolute Gasteiger partial charge is 0.497 e. The zero-order valence-corrected chi connectivity index (χ0v) is 6.65. The molecular formula is C8H8BO3. The van der Waals surface area contributed by atoms with Crippen LogP contribution in [0, 0.1) is 0 Å². The fraction of sp³-hybridized carbons (Fsp3) is 0.250. The van der Waals surface area contributed by atoms with E-state index in [1.54, 1.807) is 20.7 Å². The first-order chi connectivity index (χ1) is 5.81. The van der Waals surface area contributed by atoms with Crippen LogP contribution in [0.25, 0.3) is 0 Å². The van der Waals surface area contributed by atoms with E-state index >= 15 is 0 Å². The molecule has 4 heteroatoms. The van der Waals surface area contributed by atoms with Crippen molar-refractivity contribution in [1.82, 2.24) is 0 Å². The Morgan fingerprint density at radius 2 is 2.42 bits per heavy atom. The van der Waals surface area contributed by atoms with Gasteiger partial charge in [-0.1, -0.05) is 6.07 Å². The molecule has 1 N–H and O–H groups in total. The van der Waals surface area contributed by atoms with Crippen molar-refractivity contribution in [2.24, 2.45) is 0 Å². The van der Waals surface area contributed by atoms with Gasteiger partial charge < -0.3 is 14.5 Å². The average molecular weight is 163 g/mol. The van der Waals surface area contributed by atoms with Crippen LogP contribution in [0.15, 0.2) is 18.2 Å². The summed E-state index contributed by atoms with van der Waals surface area (Å²) in [5.74, 6) is 0.728. The van der Waals surface area contributed by atoms with E-state index in [1.807, 2.05) is 12.1 Å². The van der Waals surface area contributed by atoms with Crippen molar-refractivity contribution in [3.8, 4) is 5.75 Å². The quantitative estimate of drug-likeness (QED) is 0.590. The monoisotopic (exact) mass is 163 g/mol. The summed E-state index contributed by atoms with van der Waals surface area (Å²) in [5, 5.41) is 9.29. The second-order valence-electron chi connectivity index (χ2n) is 2.60. The number of aliphatic hydroxyl groups excluding tert-OH is 1. The molecule has 0 aliphatic carbocycles. The summed E-state index contributed by atoms with van der Waals surface area (Å²) in [7, 11) is 3.13. The smallest absolute Gasteiger partial charge is 0.334 e. The zero-order chi connectivity index (χ0) is 8.55. The van der Waals surface area contributed by atoms with Gasteiger partial charge in [-0.3, -0.25) is 0 Å². The first kappa shape index (κ1) is 7.64. The Kier molecular flexibility index (Phi) is 1.79. The maximum atomic E-state index is 9.29. The van der Waals surface area contributed by atoms with Gasteiger partial charge in [0, 0.05) is 5.56 Å². The van der Waals surface area contributed by atoms with E-state index in [2.05, 4.69) is 0 Å². The number of hydrogen-bond acceptors (Lipinski definition) is 3. The molecule has 1 aromatic carbocycles. The van der Waals surface area contributed by atoms with E-state index in [0.717, 1.165) is 16.8 Å². The lowest BCUT2D eigenvalue weighted by atomic mass is 9.87. The third-order valence-corrected chi connectivity index (χ3v) is 1.88. The van der Waals surface area contributed by atoms with Crippen molar-refractivity contribution in [3.63, 3.8) is 0 Å². The highest BCUT2D eigenvalue weighted by molar-refractivity contribution is 6.49. The van der Waals surface area contributed by atoms with E-state index in [1.165, 1.54) is 0 Å². The molecule has 1 aliphatic rings. The summed E-state index contributed by atoms with van der Waals surface area (Å²) >= 11 is 0. The van der Waals surface area contributed by atoms with Crippen molar-refractivity contribution in [1.29, 1.82) is 0 Å². The van der Waals surface area contributed by atoms with Gasteiger partial charge in [-0.05, 0) is 17.6 Å². The number of rotatable bonds is 1. The van der Waals surface area contributed by atoms with Crippen LogP contribution in [0.1, 0.15) is 11.9 Å². The van der Waals surface area contributed by atoms with Crippen molar-refractivity contribution in [3.05, 3.63) is 23.8 Å². The second kappa shape index (κ2) is 2.81. The predicted octanol–water partition coefficient (Wildman–Crippen LogP) is -0.0392. The van der Waals surface area contributed by atoms with E-state index in [9.17, 15) is 5.11 Å². The lowest BCUT2D eigenvalue weighted by Crippen LogP contribution is -2.10. The van der Waals surface area contributed by atoms with Gasteiger partial charge in [-0.25, -0.2) is 0 Å². The molecule has 1 aliphatic heterocycles. The summed E-state index contributed by atoms with van der Waals surface area (Å²) in [4.78, 5) is 0. The van der Waals surface area contributed by atoms with Crippen molar-refractivity contribution < 1.29 is 14.5 Å². The van der Waals surface area contributed by atoms with Gasteiger partial charge >= 0.3 is 7.48 Å². The van der Waals surface area contributed by atoms with E-state index in [0.29, 0.717) is 0 Å². The first-order valence-corrected chi connectivity index (χ1v) is 3.66. The Morgan fingerprint density at radius 1 is 1.58 bits per heavy atom. The van der Waals surface area contributed by atoms with Gasteiger partial charge in [-0.15, -0.1) is 0 Å². The van der Waals surface area contributed by atoms with Crippen LogP contribution in [0.4, 0.5) is 0 Å². The van der Waals surface area contributed by atoms with Crippen LogP contribution >= 0.6 is 0 Å². The maximum absolute atomic E-state index is 9.29. The number of hydrogen-bond donors (Lipinski definition) is 1. The molecule has 0 saturated heterocycles. The van der Waals surface area contributed by atoms with Crippen LogP contribution in [-0.2, 0) is 4.65 Å². The number of methoxy groups -OCH3 is 1. The Balaban J connectivity index is 2.43. The highest BCUT2D eigenvalue weighted by Crippen LogP contribution is 2.21. The van der Waals surface area contributed by atoms with E-state index < -0.39 is 6.29 Å². The molecule has 3 nitrogen and oxygen atoms in total. The Hall–Kier alpha value is -0.995. The van der Waals surface area contributed by atoms with Gasteiger partial charge in [0.1, 0.15) is 5.75 Å². The molecule has 0 amide bonds. The summed E-state index contributed by atoms with van der Waals surface area (Å²) in [5.41, 5.74) is 1.66. The van der Waals surface area contributed by atoms with Crippen LogP contribution in [-0.4, -0.2) is 19.7 Å². The second-order valence-corrected chi connectivity index (χ2v) is 2.60. The normalized spacial score (nSPS) is 20.0. The van der Waals surface area contributed by atoms with Crippen LogP contribution < -0.4 is 10.2 Å². The summed E-state index contributed by atoms with van der Waals surface area (Å²) in [6.07, 6.45) is -0.838. The van der Waals surface area contributed by atoms with E-state index in [-0.39, 0.29) is 0 Å². The fourth-order valence-electron chi connectivity index (χ4n) is 1.21. The highest BCUT2D eigenvalue weighted by Gasteiger charge is 2.22. The first-order valence-electron chi connectivity index (χ1n) is 3.66. The van der Waals surface area contributed by atoms with Gasteiger partial charge in [0.15, 0.2) is 6.29 Å². The molecule has 1 heterocycles. The molecule has 0 saturated carbocycles. The SMILES string of the molecule is COc1ccc2c(c1)C(O)O[B]2. The number of fused-ring (bicyclic) bond motifs is 1. The molecule has 0 bridgehead atoms. The lowest BCUT2D eigenvalue weighted by Gasteiger charge is -2.05. The lowest BCUT2D eigenvalue weighted by molar-refractivity contribution is -0.00805. The predicted molar refractivity (Wildman–Crippen MR) is 44.4 cm³/mol. The Bertz CT molecular complexity index is 300. The Morgan fingerprint density at radius 3 is 3.17 bits per heavy atom. The standard InChI is InChI=1S/C8H8BO3/c1-11-5-2-3-7-6(4-5)8(10)12-9-7/h2-4,8,10H,1H3.